The topological polar surface area (TPSA) is 76.3 Å². The van der Waals surface area contributed by atoms with Crippen molar-refractivity contribution in [2.24, 2.45) is 0 Å². The molecule has 1 aromatic heterocycles. The van der Waals surface area contributed by atoms with Gasteiger partial charge in [-0.2, -0.15) is 4.31 Å². The second-order valence-corrected chi connectivity index (χ2v) is 6.75. The number of aryl methyl sites for hydroxylation is 1. The molecule has 0 unspecified atom stereocenters. The lowest BCUT2D eigenvalue weighted by atomic mass is 10.2. The number of halogens is 1. The maximum atomic E-state index is 14.1. The maximum Gasteiger partial charge on any atom is 0.246 e. The number of nitrogens with two attached hydrogens (primary N) is 1. The molecule has 21 heavy (non-hydrogen) atoms. The first-order valence-corrected chi connectivity index (χ1v) is 7.68. The summed E-state index contributed by atoms with van der Waals surface area (Å²) in [6.07, 6.45) is 1.57. The molecule has 1 aromatic carbocycles. The summed E-state index contributed by atoms with van der Waals surface area (Å²) in [5.74, 6) is -0.780. The van der Waals surface area contributed by atoms with Crippen LogP contribution in [0.3, 0.4) is 0 Å². The molecule has 0 spiro atoms. The molecule has 7 heteroatoms. The standard InChI is InChI=1S/C14H16FN3O2S/c1-10-7-11(16)8-13(14(10)15)21(19,20)18(2)9-12-5-3-4-6-17-12/h3-8H,9,16H2,1-2H3. The van der Waals surface area contributed by atoms with Crippen LogP contribution < -0.4 is 5.73 Å². The van der Waals surface area contributed by atoms with Gasteiger partial charge < -0.3 is 5.73 Å². The SMILES string of the molecule is Cc1cc(N)cc(S(=O)(=O)N(C)Cc2ccccn2)c1F. The highest BCUT2D eigenvalue weighted by Crippen LogP contribution is 2.24. The Kier molecular flexibility index (Phi) is 4.24. The number of rotatable bonds is 4. The molecule has 2 aromatic rings. The Morgan fingerprint density at radius 2 is 2.05 bits per heavy atom. The minimum absolute atomic E-state index is 0.0520. The molecule has 0 saturated carbocycles. The number of pyridine rings is 1. The highest BCUT2D eigenvalue weighted by molar-refractivity contribution is 7.89. The molecular formula is C14H16FN3O2S. The maximum absolute atomic E-state index is 14.1. The van der Waals surface area contributed by atoms with Crippen LogP contribution in [0.15, 0.2) is 41.4 Å². The van der Waals surface area contributed by atoms with Crippen molar-refractivity contribution in [1.82, 2.24) is 9.29 Å². The van der Waals surface area contributed by atoms with Crippen LogP contribution in [0.2, 0.25) is 0 Å². The average Bonchev–Trinajstić information content (AvgIpc) is 2.43. The number of nitrogen functional groups attached to an aromatic ring is 1. The lowest BCUT2D eigenvalue weighted by molar-refractivity contribution is 0.455. The van der Waals surface area contributed by atoms with Crippen LogP contribution in [0.25, 0.3) is 0 Å². The smallest absolute Gasteiger partial charge is 0.246 e. The van der Waals surface area contributed by atoms with E-state index in [1.54, 1.807) is 24.4 Å². The van der Waals surface area contributed by atoms with Gasteiger partial charge in [-0.25, -0.2) is 12.8 Å². The van der Waals surface area contributed by atoms with Gasteiger partial charge in [-0.15, -0.1) is 0 Å². The Labute approximate surface area is 123 Å². The van der Waals surface area contributed by atoms with Crippen molar-refractivity contribution in [2.45, 2.75) is 18.4 Å². The molecule has 0 atom stereocenters. The predicted octanol–water partition coefficient (Wildman–Crippen LogP) is 1.93. The van der Waals surface area contributed by atoms with Crippen LogP contribution in [-0.2, 0) is 16.6 Å². The van der Waals surface area contributed by atoms with Crippen LogP contribution in [0, 0.1) is 12.7 Å². The Morgan fingerprint density at radius 3 is 2.67 bits per heavy atom. The summed E-state index contributed by atoms with van der Waals surface area (Å²) >= 11 is 0. The molecule has 0 radical (unpaired) electrons. The summed E-state index contributed by atoms with van der Waals surface area (Å²) in [6.45, 7) is 1.53. The molecular weight excluding hydrogens is 293 g/mol. The van der Waals surface area contributed by atoms with Gasteiger partial charge in [0.1, 0.15) is 10.7 Å². The van der Waals surface area contributed by atoms with Crippen molar-refractivity contribution in [1.29, 1.82) is 0 Å². The van der Waals surface area contributed by atoms with E-state index in [-0.39, 0.29) is 17.8 Å². The monoisotopic (exact) mass is 309 g/mol. The first-order chi connectivity index (χ1) is 9.82. The van der Waals surface area contributed by atoms with Gasteiger partial charge in [0, 0.05) is 18.9 Å². The first-order valence-electron chi connectivity index (χ1n) is 6.24. The van der Waals surface area contributed by atoms with Crippen molar-refractivity contribution in [2.75, 3.05) is 12.8 Å². The van der Waals surface area contributed by atoms with Crippen LogP contribution in [0.4, 0.5) is 10.1 Å². The number of nitrogens with zero attached hydrogens (tertiary/aromatic N) is 2. The second kappa shape index (κ2) is 5.79. The van der Waals surface area contributed by atoms with Gasteiger partial charge in [-0.05, 0) is 36.8 Å². The third kappa shape index (κ3) is 3.20. The van der Waals surface area contributed by atoms with Crippen molar-refractivity contribution >= 4 is 15.7 Å². The molecule has 0 aliphatic heterocycles. The van der Waals surface area contributed by atoms with E-state index in [1.165, 1.54) is 20.0 Å². The average molecular weight is 309 g/mol. The van der Waals surface area contributed by atoms with E-state index in [0.29, 0.717) is 5.69 Å². The number of benzene rings is 1. The summed E-state index contributed by atoms with van der Waals surface area (Å²) in [7, 11) is -2.60. The van der Waals surface area contributed by atoms with Gasteiger partial charge in [-0.1, -0.05) is 6.07 Å². The fraction of sp³-hybridized carbons (Fsp3) is 0.214. The third-order valence-electron chi connectivity index (χ3n) is 3.04. The Hall–Kier alpha value is -1.99. The van der Waals surface area contributed by atoms with Crippen LogP contribution >= 0.6 is 0 Å². The van der Waals surface area contributed by atoms with E-state index in [0.717, 1.165) is 10.4 Å². The third-order valence-corrected chi connectivity index (χ3v) is 4.85. The van der Waals surface area contributed by atoms with Gasteiger partial charge >= 0.3 is 0 Å². The molecule has 1 heterocycles. The van der Waals surface area contributed by atoms with Crippen LogP contribution in [0.5, 0.6) is 0 Å². The van der Waals surface area contributed by atoms with Gasteiger partial charge in [0.15, 0.2) is 0 Å². The van der Waals surface area contributed by atoms with Crippen molar-refractivity contribution < 1.29 is 12.8 Å². The first kappa shape index (κ1) is 15.4. The van der Waals surface area contributed by atoms with E-state index in [2.05, 4.69) is 4.98 Å². The van der Waals surface area contributed by atoms with E-state index in [4.69, 9.17) is 5.73 Å². The van der Waals surface area contributed by atoms with Crippen molar-refractivity contribution in [3.63, 3.8) is 0 Å². The summed E-state index contributed by atoms with van der Waals surface area (Å²) in [6, 6.07) is 7.72. The normalized spacial score (nSPS) is 11.8. The summed E-state index contributed by atoms with van der Waals surface area (Å²) in [5.41, 5.74) is 6.59. The number of hydrogen-bond donors (Lipinski definition) is 1. The summed E-state index contributed by atoms with van der Waals surface area (Å²) < 4.78 is 40.1. The van der Waals surface area contributed by atoms with Gasteiger partial charge in [0.05, 0.1) is 12.2 Å². The Balaban J connectivity index is 2.38. The van der Waals surface area contributed by atoms with Crippen molar-refractivity contribution in [3.05, 3.63) is 53.6 Å². The predicted molar refractivity (Wildman–Crippen MR) is 78.4 cm³/mol. The van der Waals surface area contributed by atoms with E-state index < -0.39 is 20.7 Å². The Bertz CT molecular complexity index is 748. The number of sulfonamides is 1. The van der Waals surface area contributed by atoms with Gasteiger partial charge in [0.25, 0.3) is 0 Å². The molecule has 0 amide bonds. The minimum Gasteiger partial charge on any atom is -0.399 e. The molecule has 5 nitrogen and oxygen atoms in total. The summed E-state index contributed by atoms with van der Waals surface area (Å²) in [4.78, 5) is 3.64. The lowest BCUT2D eigenvalue weighted by Gasteiger charge is -2.18. The highest BCUT2D eigenvalue weighted by Gasteiger charge is 2.26. The Morgan fingerprint density at radius 1 is 1.33 bits per heavy atom. The number of hydrogen-bond acceptors (Lipinski definition) is 4. The molecule has 0 bridgehead atoms. The highest BCUT2D eigenvalue weighted by atomic mass is 32.2. The zero-order chi connectivity index (χ0) is 15.6. The fourth-order valence-corrected chi connectivity index (χ4v) is 3.23. The van der Waals surface area contributed by atoms with Gasteiger partial charge in [0.2, 0.25) is 10.0 Å². The van der Waals surface area contributed by atoms with Crippen molar-refractivity contribution in [3.8, 4) is 0 Å². The zero-order valence-electron chi connectivity index (χ0n) is 11.7. The van der Waals surface area contributed by atoms with Crippen LogP contribution in [0.1, 0.15) is 11.3 Å². The number of aromatic nitrogens is 1. The fourth-order valence-electron chi connectivity index (χ4n) is 1.92. The zero-order valence-corrected chi connectivity index (χ0v) is 12.6. The minimum atomic E-state index is -3.97. The van der Waals surface area contributed by atoms with Gasteiger partial charge in [-0.3, -0.25) is 4.98 Å². The van der Waals surface area contributed by atoms with Crippen LogP contribution in [-0.4, -0.2) is 24.8 Å². The number of anilines is 1. The molecule has 0 aliphatic carbocycles. The second-order valence-electron chi connectivity index (χ2n) is 4.73. The molecule has 2 N–H and O–H groups in total. The van der Waals surface area contributed by atoms with E-state index >= 15 is 0 Å². The molecule has 0 saturated heterocycles. The molecule has 2 rings (SSSR count). The quantitative estimate of drug-likeness (QED) is 0.876. The lowest BCUT2D eigenvalue weighted by Crippen LogP contribution is -2.28. The van der Waals surface area contributed by atoms with E-state index in [1.807, 2.05) is 0 Å². The molecule has 112 valence electrons. The molecule has 0 aliphatic rings. The molecule has 0 fully saturated rings. The summed E-state index contributed by atoms with van der Waals surface area (Å²) in [5, 5.41) is 0. The van der Waals surface area contributed by atoms with E-state index in [9.17, 15) is 12.8 Å². The largest absolute Gasteiger partial charge is 0.399 e.